The zero-order valence-corrected chi connectivity index (χ0v) is 24.3. The molecule has 0 saturated carbocycles. The fraction of sp³-hybridized carbons (Fsp3) is 0.375. The number of hydrogen-bond acceptors (Lipinski definition) is 7. The van der Waals surface area contributed by atoms with Crippen LogP contribution in [0.2, 0.25) is 5.02 Å². The van der Waals surface area contributed by atoms with E-state index in [0.29, 0.717) is 17.8 Å². The summed E-state index contributed by atoms with van der Waals surface area (Å²) in [7, 11) is 5.35. The van der Waals surface area contributed by atoms with E-state index in [0.717, 1.165) is 48.3 Å². The lowest BCUT2D eigenvalue weighted by atomic mass is 9.97. The summed E-state index contributed by atoms with van der Waals surface area (Å²) in [5.74, 6) is 0.683. The molecule has 2 fully saturated rings. The lowest BCUT2D eigenvalue weighted by Crippen LogP contribution is -2.50. The summed E-state index contributed by atoms with van der Waals surface area (Å²) in [6, 6.07) is 18.9. The third-order valence-electron chi connectivity index (χ3n) is 8.04. The van der Waals surface area contributed by atoms with Crippen LogP contribution >= 0.6 is 11.6 Å². The van der Waals surface area contributed by atoms with Gasteiger partial charge in [-0.1, -0.05) is 35.9 Å². The van der Waals surface area contributed by atoms with Gasteiger partial charge in [0.2, 0.25) is 0 Å². The summed E-state index contributed by atoms with van der Waals surface area (Å²) < 4.78 is 22.6. The summed E-state index contributed by atoms with van der Waals surface area (Å²) >= 11 is 6.76. The number of ether oxygens (including phenoxy) is 4. The van der Waals surface area contributed by atoms with Gasteiger partial charge in [0.15, 0.2) is 11.5 Å². The number of nitrogens with one attached hydrogen (secondary N) is 1. The van der Waals surface area contributed by atoms with Crippen molar-refractivity contribution in [2.75, 3.05) is 21.3 Å². The fourth-order valence-electron chi connectivity index (χ4n) is 5.62. The highest BCUT2D eigenvalue weighted by Crippen LogP contribution is 2.39. The molecular formula is C32H35ClN2O6. The van der Waals surface area contributed by atoms with E-state index in [4.69, 9.17) is 30.5 Å². The minimum absolute atomic E-state index is 0.0307. The van der Waals surface area contributed by atoms with E-state index in [-0.39, 0.29) is 35.6 Å². The fourth-order valence-corrected chi connectivity index (χ4v) is 5.92. The van der Waals surface area contributed by atoms with Crippen molar-refractivity contribution in [2.45, 2.75) is 57.0 Å². The van der Waals surface area contributed by atoms with E-state index in [1.165, 1.54) is 6.07 Å². The van der Waals surface area contributed by atoms with Crippen LogP contribution in [0.5, 0.6) is 23.0 Å². The van der Waals surface area contributed by atoms with Crippen molar-refractivity contribution in [3.63, 3.8) is 0 Å². The van der Waals surface area contributed by atoms with Gasteiger partial charge in [0.25, 0.3) is 11.7 Å². The molecule has 1 N–H and O–H groups in total. The highest BCUT2D eigenvalue weighted by atomic mass is 35.5. The third-order valence-corrected chi connectivity index (χ3v) is 8.42. The summed E-state index contributed by atoms with van der Waals surface area (Å²) in [6.45, 7) is 0.413. The quantitative estimate of drug-likeness (QED) is 0.239. The Morgan fingerprint density at radius 2 is 1.37 bits per heavy atom. The average Bonchev–Trinajstić information content (AvgIpc) is 3.19. The second kappa shape index (κ2) is 12.8. The smallest absolute Gasteiger partial charge is 0.292 e. The first kappa shape index (κ1) is 28.8. The molecule has 0 aromatic heterocycles. The Morgan fingerprint density at radius 3 is 1.90 bits per heavy atom. The van der Waals surface area contributed by atoms with Crippen LogP contribution in [0.15, 0.2) is 60.7 Å². The number of ketones is 1. The SMILES string of the molecule is COc1ccc(COc2ccc(C(=O)C(=O)NC3C[C@H]4CC[C@@H](C3)N4C)c(Cl)c2OCc2ccc(OC)cc2)cc1. The van der Waals surface area contributed by atoms with Crippen LogP contribution in [0.1, 0.15) is 47.2 Å². The normalized spacial score (nSPS) is 19.9. The van der Waals surface area contributed by atoms with Gasteiger partial charge in [-0.3, -0.25) is 9.59 Å². The van der Waals surface area contributed by atoms with E-state index >= 15 is 0 Å². The molecule has 3 atom stereocenters. The number of Topliss-reactive ketones (excluding diaryl/α,β-unsaturated/α-hetero) is 1. The van der Waals surface area contributed by atoms with Gasteiger partial charge >= 0.3 is 0 Å². The van der Waals surface area contributed by atoms with Gasteiger partial charge in [-0.2, -0.15) is 0 Å². The van der Waals surface area contributed by atoms with Gasteiger partial charge in [-0.05, 0) is 80.3 Å². The molecule has 41 heavy (non-hydrogen) atoms. The monoisotopic (exact) mass is 578 g/mol. The predicted molar refractivity (Wildman–Crippen MR) is 156 cm³/mol. The van der Waals surface area contributed by atoms with Gasteiger partial charge in [0, 0.05) is 18.1 Å². The Labute approximate surface area is 245 Å². The van der Waals surface area contributed by atoms with Crippen LogP contribution in [0.3, 0.4) is 0 Å². The van der Waals surface area contributed by atoms with E-state index in [1.54, 1.807) is 20.3 Å². The van der Waals surface area contributed by atoms with Crippen molar-refractivity contribution >= 4 is 23.3 Å². The maximum atomic E-state index is 13.3. The molecule has 1 unspecified atom stereocenters. The van der Waals surface area contributed by atoms with Gasteiger partial charge in [0.1, 0.15) is 24.7 Å². The first-order chi connectivity index (χ1) is 19.9. The van der Waals surface area contributed by atoms with Crippen LogP contribution < -0.4 is 24.3 Å². The number of nitrogens with zero attached hydrogens (tertiary/aromatic N) is 1. The summed E-state index contributed by atoms with van der Waals surface area (Å²) in [5, 5.41) is 2.99. The molecule has 2 saturated heterocycles. The molecule has 2 bridgehead atoms. The van der Waals surface area contributed by atoms with Gasteiger partial charge in [-0.25, -0.2) is 0 Å². The minimum atomic E-state index is -0.697. The van der Waals surface area contributed by atoms with Crippen molar-refractivity contribution in [3.05, 3.63) is 82.4 Å². The zero-order valence-electron chi connectivity index (χ0n) is 23.5. The molecule has 2 heterocycles. The number of piperidine rings is 1. The Morgan fingerprint density at radius 1 is 0.829 bits per heavy atom. The van der Waals surface area contributed by atoms with Gasteiger partial charge in [-0.15, -0.1) is 0 Å². The van der Waals surface area contributed by atoms with Crippen molar-refractivity contribution < 1.29 is 28.5 Å². The molecule has 3 aromatic rings. The number of amides is 1. The summed E-state index contributed by atoms with van der Waals surface area (Å²) in [4.78, 5) is 28.7. The standard InChI is InChI=1S/C32H35ClN2O6/c1-35-23-8-9-24(35)17-22(16-23)34-32(37)30(36)27-14-15-28(40-18-20-4-10-25(38-2)11-5-20)31(29(27)33)41-19-21-6-12-26(39-3)13-7-21/h4-7,10-15,22-24H,8-9,16-19H2,1-3H3,(H,34,37)/t22?,23-,24+. The Kier molecular flexibility index (Phi) is 9.00. The molecule has 0 spiro atoms. The van der Waals surface area contributed by atoms with Gasteiger partial charge < -0.3 is 29.2 Å². The highest BCUT2D eigenvalue weighted by molar-refractivity contribution is 6.47. The van der Waals surface area contributed by atoms with E-state index < -0.39 is 11.7 Å². The van der Waals surface area contributed by atoms with Crippen LogP contribution in [-0.2, 0) is 18.0 Å². The molecule has 0 aliphatic carbocycles. The predicted octanol–water partition coefficient (Wildman–Crippen LogP) is 5.44. The molecular weight excluding hydrogens is 544 g/mol. The summed E-state index contributed by atoms with van der Waals surface area (Å²) in [5.41, 5.74) is 1.85. The molecule has 216 valence electrons. The number of methoxy groups -OCH3 is 2. The maximum absolute atomic E-state index is 13.3. The van der Waals surface area contributed by atoms with E-state index in [9.17, 15) is 9.59 Å². The molecule has 2 aliphatic rings. The number of hydrogen-bond donors (Lipinski definition) is 1. The number of carbonyl (C=O) groups is 2. The highest BCUT2D eigenvalue weighted by Gasteiger charge is 2.39. The van der Waals surface area contributed by atoms with Crippen molar-refractivity contribution in [1.29, 1.82) is 0 Å². The lowest BCUT2D eigenvalue weighted by molar-refractivity contribution is -0.118. The van der Waals surface area contributed by atoms with Crippen LogP contribution in [-0.4, -0.2) is 56.0 Å². The molecule has 9 heteroatoms. The van der Waals surface area contributed by atoms with Crippen molar-refractivity contribution in [2.24, 2.45) is 0 Å². The largest absolute Gasteiger partial charge is 0.497 e. The van der Waals surface area contributed by atoms with Gasteiger partial charge in [0.05, 0.1) is 24.8 Å². The molecule has 1 amide bonds. The van der Waals surface area contributed by atoms with Crippen LogP contribution in [0.25, 0.3) is 0 Å². The van der Waals surface area contributed by atoms with Crippen LogP contribution in [0.4, 0.5) is 0 Å². The zero-order chi connectivity index (χ0) is 28.9. The Bertz CT molecular complexity index is 1360. The van der Waals surface area contributed by atoms with Crippen molar-refractivity contribution in [3.8, 4) is 23.0 Å². The number of rotatable bonds is 11. The number of fused-ring (bicyclic) bond motifs is 2. The Hall–Kier alpha value is -3.75. The second-order valence-electron chi connectivity index (χ2n) is 10.5. The molecule has 5 rings (SSSR count). The Balaban J connectivity index is 1.34. The third kappa shape index (κ3) is 6.60. The average molecular weight is 579 g/mol. The van der Waals surface area contributed by atoms with E-state index in [1.807, 2.05) is 48.5 Å². The first-order valence-electron chi connectivity index (χ1n) is 13.8. The number of benzene rings is 3. The molecule has 8 nitrogen and oxygen atoms in total. The van der Waals surface area contributed by atoms with Crippen LogP contribution in [0, 0.1) is 0 Å². The lowest BCUT2D eigenvalue weighted by Gasteiger charge is -2.36. The maximum Gasteiger partial charge on any atom is 0.292 e. The molecule has 2 aliphatic heterocycles. The first-order valence-corrected chi connectivity index (χ1v) is 14.1. The molecule has 3 aromatic carbocycles. The topological polar surface area (TPSA) is 86.3 Å². The number of halogens is 1. The minimum Gasteiger partial charge on any atom is -0.497 e. The number of carbonyl (C=O) groups excluding carboxylic acids is 2. The summed E-state index contributed by atoms with van der Waals surface area (Å²) in [6.07, 6.45) is 3.93. The van der Waals surface area contributed by atoms with E-state index in [2.05, 4.69) is 17.3 Å². The van der Waals surface area contributed by atoms with Crippen molar-refractivity contribution in [1.82, 2.24) is 10.2 Å². The molecule has 0 radical (unpaired) electrons. The second-order valence-corrected chi connectivity index (χ2v) is 10.9.